The van der Waals surface area contributed by atoms with E-state index in [1.807, 2.05) is 48.5 Å². The maximum atomic E-state index is 6.75. The molecule has 0 fully saturated rings. The van der Waals surface area contributed by atoms with Crippen molar-refractivity contribution in [1.82, 2.24) is 0 Å². The molecule has 0 bridgehead atoms. The number of benzene rings is 4. The zero-order valence-corrected chi connectivity index (χ0v) is 19.0. The van der Waals surface area contributed by atoms with Gasteiger partial charge in [0.1, 0.15) is 17.1 Å². The number of hydrogen-bond acceptors (Lipinski definition) is 2. The average molecular weight is 459 g/mol. The van der Waals surface area contributed by atoms with Crippen LogP contribution >= 0.6 is 23.2 Å². The maximum absolute atomic E-state index is 6.75. The lowest BCUT2D eigenvalue weighted by molar-refractivity contribution is 0.0436. The number of hydrogen-bond donors (Lipinski definition) is 0. The van der Waals surface area contributed by atoms with E-state index >= 15 is 0 Å². The molecule has 2 atom stereocenters. The van der Waals surface area contributed by atoms with Crippen molar-refractivity contribution in [3.8, 4) is 33.8 Å². The van der Waals surface area contributed by atoms with Crippen LogP contribution in [0.5, 0.6) is 11.5 Å². The quantitative estimate of drug-likeness (QED) is 0.301. The van der Waals surface area contributed by atoms with Crippen LogP contribution in [0.15, 0.2) is 84.9 Å². The molecule has 4 heteroatoms. The summed E-state index contributed by atoms with van der Waals surface area (Å²) < 4.78 is 12.8. The lowest BCUT2D eigenvalue weighted by Crippen LogP contribution is -2.38. The van der Waals surface area contributed by atoms with Gasteiger partial charge < -0.3 is 9.47 Å². The highest BCUT2D eigenvalue weighted by atomic mass is 35.5. The highest BCUT2D eigenvalue weighted by Crippen LogP contribution is 2.58. The Morgan fingerprint density at radius 1 is 0.719 bits per heavy atom. The van der Waals surface area contributed by atoms with Gasteiger partial charge in [0.25, 0.3) is 0 Å². The molecule has 32 heavy (non-hydrogen) atoms. The van der Waals surface area contributed by atoms with Crippen molar-refractivity contribution in [3.63, 3.8) is 0 Å². The zero-order chi connectivity index (χ0) is 21.9. The van der Waals surface area contributed by atoms with Crippen molar-refractivity contribution < 1.29 is 9.47 Å². The summed E-state index contributed by atoms with van der Waals surface area (Å²) in [5, 5.41) is 1.21. The standard InChI is InChI=1S/C28H20Cl2O2/c1-28-22-13-20(18-10-6-3-7-11-18)15-25(30)27(22)31-16-23(28)21-12-19(14-24(29)26(21)32-28)17-8-4-2-5-9-17/h2-15,23H,16H2,1H3. The third-order valence-corrected chi connectivity index (χ3v) is 7.18. The van der Waals surface area contributed by atoms with E-state index in [2.05, 4.69) is 43.3 Å². The van der Waals surface area contributed by atoms with Gasteiger partial charge in [0.2, 0.25) is 0 Å². The smallest absolute Gasteiger partial charge is 0.145 e. The predicted molar refractivity (Wildman–Crippen MR) is 130 cm³/mol. The average Bonchev–Trinajstić information content (AvgIpc) is 3.13. The molecule has 2 heterocycles. The molecule has 2 unspecified atom stereocenters. The fraction of sp³-hybridized carbons (Fsp3) is 0.143. The SMILES string of the molecule is CC12Oc3c(Cl)cc(-c4ccccc4)cc3C1COc1c(Cl)cc(-c3ccccc3)cc12. The third-order valence-electron chi connectivity index (χ3n) is 6.61. The molecule has 2 aliphatic heterocycles. The minimum atomic E-state index is -0.622. The van der Waals surface area contributed by atoms with Gasteiger partial charge in [-0.1, -0.05) is 83.9 Å². The molecule has 0 saturated carbocycles. The van der Waals surface area contributed by atoms with Crippen molar-refractivity contribution in [2.45, 2.75) is 18.4 Å². The Morgan fingerprint density at radius 2 is 1.28 bits per heavy atom. The van der Waals surface area contributed by atoms with Crippen LogP contribution in [-0.2, 0) is 5.60 Å². The van der Waals surface area contributed by atoms with E-state index in [0.717, 1.165) is 39.1 Å². The highest BCUT2D eigenvalue weighted by molar-refractivity contribution is 6.33. The van der Waals surface area contributed by atoms with E-state index in [-0.39, 0.29) is 5.92 Å². The summed E-state index contributed by atoms with van der Waals surface area (Å²) >= 11 is 13.4. The third kappa shape index (κ3) is 2.94. The second-order valence-electron chi connectivity index (χ2n) is 8.52. The molecule has 0 aliphatic carbocycles. The summed E-state index contributed by atoms with van der Waals surface area (Å²) in [5.74, 6) is 1.43. The lowest BCUT2D eigenvalue weighted by Gasteiger charge is -2.37. The van der Waals surface area contributed by atoms with Crippen molar-refractivity contribution in [1.29, 1.82) is 0 Å². The minimum absolute atomic E-state index is 0.00764. The van der Waals surface area contributed by atoms with Crippen LogP contribution in [0.1, 0.15) is 24.0 Å². The molecule has 6 rings (SSSR count). The van der Waals surface area contributed by atoms with Gasteiger partial charge in [-0.15, -0.1) is 0 Å². The van der Waals surface area contributed by atoms with Gasteiger partial charge in [0.05, 0.1) is 22.6 Å². The van der Waals surface area contributed by atoms with E-state index in [1.54, 1.807) is 0 Å². The summed E-state index contributed by atoms with van der Waals surface area (Å²) in [4.78, 5) is 0. The normalized spacial score (nSPS) is 20.5. The Hall–Kier alpha value is -2.94. The number of rotatable bonds is 2. The Balaban J connectivity index is 1.50. The topological polar surface area (TPSA) is 18.5 Å². The largest absolute Gasteiger partial charge is 0.491 e. The van der Waals surface area contributed by atoms with Crippen LogP contribution in [0.4, 0.5) is 0 Å². The van der Waals surface area contributed by atoms with Gasteiger partial charge in [-0.05, 0) is 53.4 Å². The summed E-state index contributed by atoms with van der Waals surface area (Å²) in [6.07, 6.45) is 0. The Bertz CT molecular complexity index is 1330. The van der Waals surface area contributed by atoms with E-state index in [0.29, 0.717) is 22.4 Å². The van der Waals surface area contributed by atoms with Gasteiger partial charge in [-0.3, -0.25) is 0 Å². The van der Waals surface area contributed by atoms with E-state index in [1.165, 1.54) is 0 Å². The fourth-order valence-corrected chi connectivity index (χ4v) is 5.46. The highest BCUT2D eigenvalue weighted by Gasteiger charge is 2.52. The van der Waals surface area contributed by atoms with Gasteiger partial charge >= 0.3 is 0 Å². The van der Waals surface area contributed by atoms with Crippen molar-refractivity contribution >= 4 is 23.2 Å². The first-order chi connectivity index (χ1) is 15.5. The zero-order valence-electron chi connectivity index (χ0n) is 17.4. The molecule has 2 nitrogen and oxygen atoms in total. The molecular formula is C28H20Cl2O2. The maximum Gasteiger partial charge on any atom is 0.145 e. The van der Waals surface area contributed by atoms with Crippen LogP contribution in [0.2, 0.25) is 10.0 Å². The van der Waals surface area contributed by atoms with Gasteiger partial charge in [0.15, 0.2) is 0 Å². The summed E-state index contributed by atoms with van der Waals surface area (Å²) in [5.41, 5.74) is 5.74. The summed E-state index contributed by atoms with van der Waals surface area (Å²) in [6, 6.07) is 28.7. The van der Waals surface area contributed by atoms with Crippen molar-refractivity contribution in [2.75, 3.05) is 6.61 Å². The van der Waals surface area contributed by atoms with E-state index in [4.69, 9.17) is 32.7 Å². The van der Waals surface area contributed by atoms with Crippen LogP contribution in [-0.4, -0.2) is 6.61 Å². The fourth-order valence-electron chi connectivity index (χ4n) is 4.92. The minimum Gasteiger partial charge on any atom is -0.491 e. The molecule has 0 N–H and O–H groups in total. The first-order valence-electron chi connectivity index (χ1n) is 10.6. The molecular weight excluding hydrogens is 439 g/mol. The predicted octanol–water partition coefficient (Wildman–Crippen LogP) is 8.11. The molecule has 2 aliphatic rings. The van der Waals surface area contributed by atoms with Crippen LogP contribution in [0.3, 0.4) is 0 Å². The molecule has 0 spiro atoms. The van der Waals surface area contributed by atoms with Crippen molar-refractivity contribution in [2.24, 2.45) is 0 Å². The lowest BCUT2D eigenvalue weighted by atomic mass is 9.77. The molecule has 0 aromatic heterocycles. The first kappa shape index (κ1) is 19.7. The Labute approximate surface area is 197 Å². The molecule has 0 radical (unpaired) electrons. The van der Waals surface area contributed by atoms with Gasteiger partial charge in [-0.2, -0.15) is 0 Å². The van der Waals surface area contributed by atoms with Crippen molar-refractivity contribution in [3.05, 3.63) is 106 Å². The second-order valence-corrected chi connectivity index (χ2v) is 9.33. The van der Waals surface area contributed by atoms with Crippen LogP contribution in [0, 0.1) is 0 Å². The number of halogens is 2. The molecule has 4 aromatic carbocycles. The number of fused-ring (bicyclic) bond motifs is 5. The van der Waals surface area contributed by atoms with Crippen LogP contribution < -0.4 is 9.47 Å². The monoisotopic (exact) mass is 458 g/mol. The van der Waals surface area contributed by atoms with E-state index in [9.17, 15) is 0 Å². The second kappa shape index (κ2) is 7.30. The first-order valence-corrected chi connectivity index (χ1v) is 11.4. The van der Waals surface area contributed by atoms with Crippen LogP contribution in [0.25, 0.3) is 22.3 Å². The van der Waals surface area contributed by atoms with E-state index < -0.39 is 5.60 Å². The summed E-state index contributed by atoms with van der Waals surface area (Å²) in [7, 11) is 0. The van der Waals surface area contributed by atoms with Gasteiger partial charge in [0, 0.05) is 11.1 Å². The van der Waals surface area contributed by atoms with Gasteiger partial charge in [-0.25, -0.2) is 0 Å². The summed E-state index contributed by atoms with van der Waals surface area (Å²) in [6.45, 7) is 2.60. The molecule has 0 saturated heterocycles. The molecule has 158 valence electrons. The Morgan fingerprint density at radius 3 is 1.91 bits per heavy atom. The molecule has 0 amide bonds. The molecule has 4 aromatic rings. The Kier molecular flexibility index (Phi) is 4.50. The number of ether oxygens (including phenoxy) is 2.